The molecule has 3 rings (SSSR count). The Bertz CT molecular complexity index is 678. The molecule has 0 radical (unpaired) electrons. The van der Waals surface area contributed by atoms with E-state index in [0.29, 0.717) is 25.9 Å². The fraction of sp³-hybridized carbons (Fsp3) is 0.412. The van der Waals surface area contributed by atoms with E-state index in [1.54, 1.807) is 18.4 Å². The fourth-order valence-electron chi connectivity index (χ4n) is 3.04. The molecule has 23 heavy (non-hydrogen) atoms. The quantitative estimate of drug-likeness (QED) is 0.930. The predicted octanol–water partition coefficient (Wildman–Crippen LogP) is 1.89. The molecule has 0 aliphatic carbocycles. The zero-order valence-electron chi connectivity index (χ0n) is 13.2. The monoisotopic (exact) mass is 331 g/mol. The number of hydrogen-bond donors (Lipinski definition) is 1. The molecule has 0 spiro atoms. The van der Waals surface area contributed by atoms with Gasteiger partial charge in [-0.3, -0.25) is 9.59 Å². The van der Waals surface area contributed by atoms with E-state index < -0.39 is 0 Å². The van der Waals surface area contributed by atoms with Crippen LogP contribution in [-0.4, -0.2) is 34.9 Å². The Morgan fingerprint density at radius 2 is 2.22 bits per heavy atom. The smallest absolute Gasteiger partial charge is 0.227 e. The number of carbonyl (C=O) groups excluding carboxylic acids is 2. The van der Waals surface area contributed by atoms with Gasteiger partial charge in [0.1, 0.15) is 0 Å². The summed E-state index contributed by atoms with van der Waals surface area (Å²) in [6.07, 6.45) is 2.90. The molecule has 1 aliphatic heterocycles. The maximum atomic E-state index is 12.7. The van der Waals surface area contributed by atoms with Gasteiger partial charge in [0.05, 0.1) is 13.0 Å². The molecule has 122 valence electrons. The molecule has 6 heteroatoms. The Kier molecular flexibility index (Phi) is 4.81. The van der Waals surface area contributed by atoms with Gasteiger partial charge in [-0.25, -0.2) is 0 Å². The van der Waals surface area contributed by atoms with Gasteiger partial charge in [-0.15, -0.1) is 0 Å². The highest BCUT2D eigenvalue weighted by Gasteiger charge is 2.26. The summed E-state index contributed by atoms with van der Waals surface area (Å²) < 4.78 is 2.16. The van der Waals surface area contributed by atoms with Crippen LogP contribution in [0.2, 0.25) is 0 Å². The summed E-state index contributed by atoms with van der Waals surface area (Å²) in [6, 6.07) is 6.04. The summed E-state index contributed by atoms with van der Waals surface area (Å²) in [5.74, 6) is 0.283. The second-order valence-corrected chi connectivity index (χ2v) is 6.76. The number of hydrogen-bond acceptors (Lipinski definition) is 3. The van der Waals surface area contributed by atoms with Crippen molar-refractivity contribution in [3.8, 4) is 0 Å². The van der Waals surface area contributed by atoms with Crippen LogP contribution in [0.1, 0.15) is 17.7 Å². The molecule has 0 bridgehead atoms. The van der Waals surface area contributed by atoms with Crippen molar-refractivity contribution in [2.75, 3.05) is 13.6 Å². The minimum absolute atomic E-state index is 0.0239. The summed E-state index contributed by atoms with van der Waals surface area (Å²) in [5.41, 5.74) is 2.19. The van der Waals surface area contributed by atoms with E-state index in [2.05, 4.69) is 9.88 Å². The molecule has 2 aromatic heterocycles. The maximum Gasteiger partial charge on any atom is 0.227 e. The molecule has 0 aromatic carbocycles. The highest BCUT2D eigenvalue weighted by atomic mass is 32.1. The molecule has 2 aromatic rings. The van der Waals surface area contributed by atoms with Crippen LogP contribution in [0.3, 0.4) is 0 Å². The molecule has 0 saturated carbocycles. The number of fused-ring (bicyclic) bond motifs is 1. The molecule has 0 unspecified atom stereocenters. The average Bonchev–Trinajstić information content (AvgIpc) is 3.16. The van der Waals surface area contributed by atoms with Crippen molar-refractivity contribution >= 4 is 23.2 Å². The van der Waals surface area contributed by atoms with E-state index in [1.807, 2.05) is 40.1 Å². The number of nitrogens with one attached hydrogen (secondary N) is 1. The van der Waals surface area contributed by atoms with Gasteiger partial charge < -0.3 is 14.8 Å². The molecule has 1 aliphatic rings. The average molecular weight is 331 g/mol. The highest BCUT2D eigenvalue weighted by Crippen LogP contribution is 2.20. The van der Waals surface area contributed by atoms with Gasteiger partial charge in [0.2, 0.25) is 11.8 Å². The molecular formula is C17H21N3O2S. The van der Waals surface area contributed by atoms with Gasteiger partial charge in [0.15, 0.2) is 0 Å². The number of rotatable bonds is 4. The Morgan fingerprint density at radius 1 is 1.35 bits per heavy atom. The van der Waals surface area contributed by atoms with Crippen molar-refractivity contribution in [1.29, 1.82) is 0 Å². The lowest BCUT2D eigenvalue weighted by molar-refractivity contribution is -0.132. The first-order chi connectivity index (χ1) is 11.2. The Balaban J connectivity index is 1.76. The van der Waals surface area contributed by atoms with E-state index in [9.17, 15) is 9.59 Å². The van der Waals surface area contributed by atoms with Crippen molar-refractivity contribution in [3.63, 3.8) is 0 Å². The molecule has 0 fully saturated rings. The van der Waals surface area contributed by atoms with Gasteiger partial charge in [-0.1, -0.05) is 0 Å². The zero-order chi connectivity index (χ0) is 16.2. The second kappa shape index (κ2) is 7.00. The summed E-state index contributed by atoms with van der Waals surface area (Å²) in [5, 5.41) is 6.69. The van der Waals surface area contributed by atoms with Crippen LogP contribution in [0.5, 0.6) is 0 Å². The van der Waals surface area contributed by atoms with Crippen molar-refractivity contribution in [1.82, 2.24) is 14.8 Å². The van der Waals surface area contributed by atoms with Gasteiger partial charge in [0.25, 0.3) is 0 Å². The first-order valence-corrected chi connectivity index (χ1v) is 8.73. The Morgan fingerprint density at radius 3 is 2.96 bits per heavy atom. The lowest BCUT2D eigenvalue weighted by atomic mass is 10.0. The number of amides is 2. The first kappa shape index (κ1) is 15.8. The first-order valence-electron chi connectivity index (χ1n) is 7.79. The van der Waals surface area contributed by atoms with Crippen LogP contribution >= 0.6 is 11.3 Å². The van der Waals surface area contributed by atoms with E-state index in [1.165, 1.54) is 0 Å². The molecule has 1 atom stereocenters. The second-order valence-electron chi connectivity index (χ2n) is 5.98. The SMILES string of the molecule is CNC(=O)C[C@@H]1CN(C(=O)Cc2ccsc2)Cc2cccn2C1. The fourth-order valence-corrected chi connectivity index (χ4v) is 3.71. The minimum Gasteiger partial charge on any atom is -0.359 e. The summed E-state index contributed by atoms with van der Waals surface area (Å²) in [6.45, 7) is 2.01. The van der Waals surface area contributed by atoms with E-state index in [0.717, 1.165) is 17.8 Å². The van der Waals surface area contributed by atoms with Gasteiger partial charge in [-0.05, 0) is 34.5 Å². The van der Waals surface area contributed by atoms with E-state index in [4.69, 9.17) is 0 Å². The standard InChI is InChI=1S/C17H21N3O2S/c1-18-16(21)7-14-9-19-5-2-3-15(19)11-20(10-14)17(22)8-13-4-6-23-12-13/h2-6,12,14H,7-11H2,1H3,(H,18,21)/t14-/m0/s1. The Labute approximate surface area is 139 Å². The number of nitrogens with zero attached hydrogens (tertiary/aromatic N) is 2. The Hall–Kier alpha value is -2.08. The molecule has 1 N–H and O–H groups in total. The third kappa shape index (κ3) is 3.82. The summed E-state index contributed by atoms with van der Waals surface area (Å²) in [7, 11) is 1.65. The van der Waals surface area contributed by atoms with Crippen molar-refractivity contribution in [3.05, 3.63) is 46.4 Å². The van der Waals surface area contributed by atoms with Crippen LogP contribution in [-0.2, 0) is 29.1 Å². The number of carbonyl (C=O) groups is 2. The van der Waals surface area contributed by atoms with Crippen LogP contribution < -0.4 is 5.32 Å². The van der Waals surface area contributed by atoms with Gasteiger partial charge in [-0.2, -0.15) is 11.3 Å². The van der Waals surface area contributed by atoms with Gasteiger partial charge in [0, 0.05) is 44.4 Å². The molecule has 5 nitrogen and oxygen atoms in total. The third-order valence-electron chi connectivity index (χ3n) is 4.25. The normalized spacial score (nSPS) is 17.4. The topological polar surface area (TPSA) is 54.3 Å². The number of thiophene rings is 1. The van der Waals surface area contributed by atoms with Crippen molar-refractivity contribution in [2.45, 2.75) is 25.9 Å². The summed E-state index contributed by atoms with van der Waals surface area (Å²) in [4.78, 5) is 26.3. The van der Waals surface area contributed by atoms with Crippen LogP contribution in [0, 0.1) is 5.92 Å². The number of aromatic nitrogens is 1. The van der Waals surface area contributed by atoms with Crippen molar-refractivity contribution < 1.29 is 9.59 Å². The van der Waals surface area contributed by atoms with Gasteiger partial charge >= 0.3 is 0 Å². The van der Waals surface area contributed by atoms with E-state index >= 15 is 0 Å². The predicted molar refractivity (Wildman–Crippen MR) is 90.0 cm³/mol. The lowest BCUT2D eigenvalue weighted by Gasteiger charge is -2.24. The van der Waals surface area contributed by atoms with Crippen LogP contribution in [0.15, 0.2) is 35.2 Å². The lowest BCUT2D eigenvalue weighted by Crippen LogP contribution is -2.36. The summed E-state index contributed by atoms with van der Waals surface area (Å²) >= 11 is 1.61. The van der Waals surface area contributed by atoms with E-state index in [-0.39, 0.29) is 17.7 Å². The molecular weight excluding hydrogens is 310 g/mol. The highest BCUT2D eigenvalue weighted by molar-refractivity contribution is 7.08. The van der Waals surface area contributed by atoms with Crippen molar-refractivity contribution in [2.24, 2.45) is 5.92 Å². The minimum atomic E-state index is 0.0239. The molecule has 0 saturated heterocycles. The third-order valence-corrected chi connectivity index (χ3v) is 4.98. The molecule has 2 amide bonds. The van der Waals surface area contributed by atoms with Crippen LogP contribution in [0.25, 0.3) is 0 Å². The van der Waals surface area contributed by atoms with Crippen LogP contribution in [0.4, 0.5) is 0 Å². The largest absolute Gasteiger partial charge is 0.359 e. The molecule has 3 heterocycles. The zero-order valence-corrected chi connectivity index (χ0v) is 14.0. The maximum absolute atomic E-state index is 12.7.